The van der Waals surface area contributed by atoms with E-state index in [-0.39, 0.29) is 17.0 Å². The number of pyridine rings is 1. The molecule has 0 bridgehead atoms. The van der Waals surface area contributed by atoms with Crippen LogP contribution in [0.15, 0.2) is 18.5 Å². The van der Waals surface area contributed by atoms with Gasteiger partial charge < -0.3 is 5.32 Å². The topological polar surface area (TPSA) is 42.0 Å². The van der Waals surface area contributed by atoms with Crippen LogP contribution >= 0.6 is 15.9 Å². The molecule has 0 spiro atoms. The van der Waals surface area contributed by atoms with Crippen LogP contribution in [0.5, 0.6) is 0 Å². The van der Waals surface area contributed by atoms with Gasteiger partial charge in [-0.1, -0.05) is 22.9 Å². The van der Waals surface area contributed by atoms with E-state index in [1.807, 2.05) is 13.8 Å². The third kappa shape index (κ3) is 4.07. The molecular weight excluding hydrogens is 287 g/mol. The van der Waals surface area contributed by atoms with Crippen molar-refractivity contribution in [1.82, 2.24) is 10.3 Å². The van der Waals surface area contributed by atoms with Crippen LogP contribution in [0.1, 0.15) is 37.0 Å². The van der Waals surface area contributed by atoms with Crippen LogP contribution in [0.3, 0.4) is 0 Å². The number of hydrogen-bond donors (Lipinski definition) is 1. The quantitative estimate of drug-likeness (QED) is 0.850. The molecule has 1 aromatic rings. The Morgan fingerprint density at radius 2 is 2.29 bits per heavy atom. The normalized spacial score (nSPS) is 14.1. The summed E-state index contributed by atoms with van der Waals surface area (Å²) < 4.78 is 12.9. The van der Waals surface area contributed by atoms with Crippen LogP contribution in [-0.2, 0) is 0 Å². The van der Waals surface area contributed by atoms with Crippen molar-refractivity contribution < 1.29 is 9.18 Å². The molecule has 0 aliphatic heterocycles. The van der Waals surface area contributed by atoms with E-state index in [4.69, 9.17) is 0 Å². The second-order valence-corrected chi connectivity index (χ2v) is 4.99. The minimum absolute atomic E-state index is 0.249. The van der Waals surface area contributed by atoms with Crippen molar-refractivity contribution in [2.75, 3.05) is 5.33 Å². The molecule has 0 saturated carbocycles. The summed E-state index contributed by atoms with van der Waals surface area (Å²) in [5.41, 5.74) is -0.0355. The van der Waals surface area contributed by atoms with Crippen molar-refractivity contribution in [1.29, 1.82) is 0 Å². The second kappa shape index (κ2) is 6.10. The molecule has 1 rings (SSSR count). The molecule has 0 saturated heterocycles. The Labute approximate surface area is 109 Å². The van der Waals surface area contributed by atoms with E-state index in [1.54, 1.807) is 0 Å². The molecule has 0 fully saturated rings. The summed E-state index contributed by atoms with van der Waals surface area (Å²) in [5, 5.41) is 3.72. The summed E-state index contributed by atoms with van der Waals surface area (Å²) in [5.74, 6) is -0.793. The highest BCUT2D eigenvalue weighted by atomic mass is 79.9. The van der Waals surface area contributed by atoms with E-state index in [1.165, 1.54) is 12.3 Å². The Kier molecular flexibility index (Phi) is 5.05. The first-order valence-electron chi connectivity index (χ1n) is 5.50. The zero-order chi connectivity index (χ0) is 12.9. The second-order valence-electron chi connectivity index (χ2n) is 4.20. The number of nitrogens with one attached hydrogen (secondary N) is 1. The zero-order valence-electron chi connectivity index (χ0n) is 9.96. The predicted octanol–water partition coefficient (Wildman–Crippen LogP) is 2.90. The fourth-order valence-electron chi connectivity index (χ4n) is 1.42. The Balaban J connectivity index is 2.77. The highest BCUT2D eigenvalue weighted by Gasteiger charge is 2.24. The van der Waals surface area contributed by atoms with Crippen LogP contribution < -0.4 is 5.32 Å². The van der Waals surface area contributed by atoms with Gasteiger partial charge in [0.2, 0.25) is 0 Å². The van der Waals surface area contributed by atoms with Gasteiger partial charge in [-0.3, -0.25) is 9.78 Å². The molecule has 1 amide bonds. The maximum absolute atomic E-state index is 12.9. The Hall–Kier alpha value is -0.970. The fourth-order valence-corrected chi connectivity index (χ4v) is 2.29. The molecule has 0 aliphatic rings. The highest BCUT2D eigenvalue weighted by molar-refractivity contribution is 9.09. The molecule has 5 heteroatoms. The minimum Gasteiger partial charge on any atom is -0.347 e. The van der Waals surface area contributed by atoms with Gasteiger partial charge in [-0.15, -0.1) is 0 Å². The van der Waals surface area contributed by atoms with Crippen molar-refractivity contribution in [3.63, 3.8) is 0 Å². The molecular formula is C12H16BrFN2O. The van der Waals surface area contributed by atoms with Crippen LogP contribution in [0.25, 0.3) is 0 Å². The highest BCUT2D eigenvalue weighted by Crippen LogP contribution is 2.16. The number of carbonyl (C=O) groups is 1. The molecule has 0 aromatic carbocycles. The molecule has 1 unspecified atom stereocenters. The van der Waals surface area contributed by atoms with Crippen molar-refractivity contribution in [3.05, 3.63) is 29.8 Å². The number of nitrogens with zero attached hydrogens (tertiary/aromatic N) is 1. The van der Waals surface area contributed by atoms with Crippen LogP contribution in [0.4, 0.5) is 4.39 Å². The molecule has 94 valence electrons. The van der Waals surface area contributed by atoms with E-state index in [0.717, 1.165) is 24.4 Å². The third-order valence-electron chi connectivity index (χ3n) is 2.81. The summed E-state index contributed by atoms with van der Waals surface area (Å²) in [6, 6.07) is 1.19. The molecule has 1 aromatic heterocycles. The standard InChI is InChI=1S/C12H16BrFN2O/c1-3-12(2,4-5-13)16-11(17)9-6-10(14)8-15-7-9/h6-8H,3-5H2,1-2H3,(H,16,17). The predicted molar refractivity (Wildman–Crippen MR) is 68.8 cm³/mol. The van der Waals surface area contributed by atoms with Gasteiger partial charge in [0.25, 0.3) is 5.91 Å². The Morgan fingerprint density at radius 1 is 1.59 bits per heavy atom. The number of aromatic nitrogens is 1. The first-order valence-corrected chi connectivity index (χ1v) is 6.62. The van der Waals surface area contributed by atoms with Gasteiger partial charge in [-0.25, -0.2) is 4.39 Å². The molecule has 0 radical (unpaired) electrons. The lowest BCUT2D eigenvalue weighted by Gasteiger charge is -2.29. The van der Waals surface area contributed by atoms with Crippen molar-refractivity contribution >= 4 is 21.8 Å². The number of hydrogen-bond acceptors (Lipinski definition) is 2. The van der Waals surface area contributed by atoms with Crippen LogP contribution in [-0.4, -0.2) is 21.8 Å². The van der Waals surface area contributed by atoms with Gasteiger partial charge in [0.05, 0.1) is 11.8 Å². The molecule has 1 heterocycles. The van der Waals surface area contributed by atoms with Crippen molar-refractivity contribution in [2.24, 2.45) is 0 Å². The molecule has 17 heavy (non-hydrogen) atoms. The summed E-state index contributed by atoms with van der Waals surface area (Å²) >= 11 is 3.36. The fraction of sp³-hybridized carbons (Fsp3) is 0.500. The maximum atomic E-state index is 12.9. The average molecular weight is 303 g/mol. The Morgan fingerprint density at radius 3 is 2.82 bits per heavy atom. The van der Waals surface area contributed by atoms with Gasteiger partial charge in [0.1, 0.15) is 5.82 Å². The zero-order valence-corrected chi connectivity index (χ0v) is 11.6. The van der Waals surface area contributed by atoms with Gasteiger partial charge in [-0.05, 0) is 25.8 Å². The lowest BCUT2D eigenvalue weighted by Crippen LogP contribution is -2.45. The molecule has 1 N–H and O–H groups in total. The smallest absolute Gasteiger partial charge is 0.253 e. The van der Waals surface area contributed by atoms with Gasteiger partial charge >= 0.3 is 0 Å². The van der Waals surface area contributed by atoms with E-state index in [9.17, 15) is 9.18 Å². The van der Waals surface area contributed by atoms with E-state index in [0.29, 0.717) is 0 Å². The number of halogens is 2. The molecule has 0 aliphatic carbocycles. The van der Waals surface area contributed by atoms with Gasteiger partial charge in [0.15, 0.2) is 0 Å². The largest absolute Gasteiger partial charge is 0.347 e. The lowest BCUT2D eigenvalue weighted by atomic mass is 9.95. The first kappa shape index (κ1) is 14.1. The number of amides is 1. The van der Waals surface area contributed by atoms with Gasteiger partial charge in [-0.2, -0.15) is 0 Å². The van der Waals surface area contributed by atoms with Crippen molar-refractivity contribution in [3.8, 4) is 0 Å². The molecule has 3 nitrogen and oxygen atoms in total. The van der Waals surface area contributed by atoms with Gasteiger partial charge in [0, 0.05) is 17.1 Å². The monoisotopic (exact) mass is 302 g/mol. The third-order valence-corrected chi connectivity index (χ3v) is 3.21. The SMILES string of the molecule is CCC(C)(CCBr)NC(=O)c1cncc(F)c1. The maximum Gasteiger partial charge on any atom is 0.253 e. The Bertz CT molecular complexity index is 400. The van der Waals surface area contributed by atoms with E-state index < -0.39 is 5.82 Å². The lowest BCUT2D eigenvalue weighted by molar-refractivity contribution is 0.0901. The number of rotatable bonds is 5. The van der Waals surface area contributed by atoms with E-state index >= 15 is 0 Å². The van der Waals surface area contributed by atoms with Crippen molar-refractivity contribution in [2.45, 2.75) is 32.2 Å². The van der Waals surface area contributed by atoms with E-state index in [2.05, 4.69) is 26.2 Å². The van der Waals surface area contributed by atoms with Crippen LogP contribution in [0, 0.1) is 5.82 Å². The number of carbonyl (C=O) groups excluding carboxylic acids is 1. The number of alkyl halides is 1. The summed E-state index contributed by atoms with van der Waals surface area (Å²) in [4.78, 5) is 15.6. The minimum atomic E-state index is -0.503. The molecule has 1 atom stereocenters. The average Bonchev–Trinajstić information content (AvgIpc) is 2.29. The van der Waals surface area contributed by atoms with Crippen LogP contribution in [0.2, 0.25) is 0 Å². The summed E-state index contributed by atoms with van der Waals surface area (Å²) in [7, 11) is 0. The summed E-state index contributed by atoms with van der Waals surface area (Å²) in [6.45, 7) is 3.98. The first-order chi connectivity index (χ1) is 8.00. The summed E-state index contributed by atoms with van der Waals surface area (Å²) in [6.07, 6.45) is 4.07.